The van der Waals surface area contributed by atoms with Crippen LogP contribution in [0.3, 0.4) is 0 Å². The van der Waals surface area contributed by atoms with Crippen molar-refractivity contribution in [1.29, 1.82) is 0 Å². The van der Waals surface area contributed by atoms with Crippen LogP contribution < -0.4 is 0 Å². The van der Waals surface area contributed by atoms with Crippen LogP contribution in [0.25, 0.3) is 0 Å². The van der Waals surface area contributed by atoms with Crippen molar-refractivity contribution in [2.75, 3.05) is 0 Å². The summed E-state index contributed by atoms with van der Waals surface area (Å²) in [5, 5.41) is 0. The van der Waals surface area contributed by atoms with Crippen molar-refractivity contribution >= 4 is 11.9 Å². The third-order valence-corrected chi connectivity index (χ3v) is 7.43. The minimum atomic E-state index is -0.452. The molecule has 1 saturated carbocycles. The van der Waals surface area contributed by atoms with Crippen molar-refractivity contribution in [3.63, 3.8) is 0 Å². The number of ether oxygens (including phenoxy) is 2. The zero-order valence-electron chi connectivity index (χ0n) is 16.8. The van der Waals surface area contributed by atoms with Crippen LogP contribution in [-0.2, 0) is 19.1 Å². The van der Waals surface area contributed by atoms with Gasteiger partial charge in [-0.3, -0.25) is 0 Å². The highest BCUT2D eigenvalue weighted by Gasteiger charge is 2.66. The van der Waals surface area contributed by atoms with E-state index >= 15 is 0 Å². The summed E-state index contributed by atoms with van der Waals surface area (Å²) in [6.45, 7) is 4.26. The first-order valence-corrected chi connectivity index (χ1v) is 10.9. The number of unbranched alkanes of at least 4 members (excludes halogenated alkanes) is 2. The minimum Gasteiger partial charge on any atom is -0.427 e. The van der Waals surface area contributed by atoms with Gasteiger partial charge in [-0.2, -0.15) is 0 Å². The molecule has 0 aromatic rings. The summed E-state index contributed by atoms with van der Waals surface area (Å²) in [5.41, 5.74) is 2.29. The number of allylic oxidation sites excluding steroid dienone is 5. The topological polar surface area (TPSA) is 52.6 Å². The van der Waals surface area contributed by atoms with Crippen molar-refractivity contribution in [1.82, 2.24) is 0 Å². The molecule has 2 fully saturated rings. The van der Waals surface area contributed by atoms with Crippen molar-refractivity contribution in [3.8, 4) is 0 Å². The van der Waals surface area contributed by atoms with Gasteiger partial charge >= 0.3 is 11.9 Å². The Balaban J connectivity index is 1.68. The highest BCUT2D eigenvalue weighted by atomic mass is 16.5. The molecule has 28 heavy (non-hydrogen) atoms. The van der Waals surface area contributed by atoms with Gasteiger partial charge in [0.1, 0.15) is 11.5 Å². The average molecular weight is 380 g/mol. The maximum atomic E-state index is 13.0. The summed E-state index contributed by atoms with van der Waals surface area (Å²) in [6.07, 6.45) is 14.1. The summed E-state index contributed by atoms with van der Waals surface area (Å²) in [5.74, 6) is 1.96. The largest absolute Gasteiger partial charge is 0.427 e. The number of fused-ring (bicyclic) bond motifs is 1. The Morgan fingerprint density at radius 1 is 1.07 bits per heavy atom. The van der Waals surface area contributed by atoms with E-state index in [-0.39, 0.29) is 17.9 Å². The molecule has 0 N–H and O–H groups in total. The first-order chi connectivity index (χ1) is 13.6. The summed E-state index contributed by atoms with van der Waals surface area (Å²) in [6, 6.07) is 0. The van der Waals surface area contributed by atoms with Crippen LogP contribution >= 0.6 is 0 Å². The lowest BCUT2D eigenvalue weighted by molar-refractivity contribution is -0.135. The fraction of sp³-hybridized carbons (Fsp3) is 0.583. The highest BCUT2D eigenvalue weighted by Crippen LogP contribution is 2.68. The maximum absolute atomic E-state index is 13.0. The van der Waals surface area contributed by atoms with Gasteiger partial charge in [-0.25, -0.2) is 9.59 Å². The average Bonchev–Trinajstić information content (AvgIpc) is 3.19. The van der Waals surface area contributed by atoms with Crippen LogP contribution in [0.4, 0.5) is 0 Å². The fourth-order valence-corrected chi connectivity index (χ4v) is 6.29. The minimum absolute atomic E-state index is 0.0181. The Morgan fingerprint density at radius 2 is 1.86 bits per heavy atom. The summed E-state index contributed by atoms with van der Waals surface area (Å²) in [4.78, 5) is 25.8. The number of carbonyl (C=O) groups excluding carboxylic acids is 2. The predicted octanol–water partition coefficient (Wildman–Crippen LogP) is 5.13. The Labute approximate surface area is 166 Å². The fourth-order valence-electron chi connectivity index (χ4n) is 6.29. The number of rotatable bonds is 4. The van der Waals surface area contributed by atoms with Crippen LogP contribution in [0.5, 0.6) is 0 Å². The normalized spacial score (nSPS) is 38.4. The lowest BCUT2D eigenvalue weighted by Gasteiger charge is -2.54. The molecule has 4 aliphatic carbocycles. The number of esters is 2. The third-order valence-electron chi connectivity index (χ3n) is 7.43. The van der Waals surface area contributed by atoms with E-state index in [0.29, 0.717) is 11.8 Å². The van der Waals surface area contributed by atoms with Crippen molar-refractivity contribution in [2.24, 2.45) is 23.2 Å². The molecule has 4 nitrogen and oxygen atoms in total. The van der Waals surface area contributed by atoms with E-state index in [2.05, 4.69) is 32.1 Å². The lowest BCUT2D eigenvalue weighted by atomic mass is 9.47. The van der Waals surface area contributed by atoms with Gasteiger partial charge in [0.25, 0.3) is 0 Å². The number of carbonyl (C=O) groups is 2. The quantitative estimate of drug-likeness (QED) is 0.635. The first kappa shape index (κ1) is 18.0. The standard InChI is InChI=1S/C24H28O4/c1-3-5-7-18-16-10-9-15-14-11-12-24(21(15)20(16)23(26)27-18)17(13-14)22(25)28-19(24)8-6-4-2/h7-8,13-15,21H,3-6,9-12H2,1-2H3/b18-7-,19-8?/t14-,15-,21+,24+/m0/s1. The second kappa shape index (κ2) is 6.47. The van der Waals surface area contributed by atoms with E-state index in [0.717, 1.165) is 79.6 Å². The van der Waals surface area contributed by atoms with Crippen molar-refractivity contribution in [2.45, 2.75) is 65.2 Å². The molecule has 6 rings (SSSR count). The summed E-state index contributed by atoms with van der Waals surface area (Å²) < 4.78 is 11.6. The second-order valence-corrected chi connectivity index (χ2v) is 8.82. The molecule has 148 valence electrons. The van der Waals surface area contributed by atoms with E-state index in [1.807, 2.05) is 0 Å². The molecule has 0 amide bonds. The van der Waals surface area contributed by atoms with Gasteiger partial charge in [0, 0.05) is 22.6 Å². The number of cyclic esters (lactones) is 2. The maximum Gasteiger partial charge on any atom is 0.340 e. The third kappa shape index (κ3) is 2.23. The van der Waals surface area contributed by atoms with E-state index in [4.69, 9.17) is 9.47 Å². The Morgan fingerprint density at radius 3 is 2.64 bits per heavy atom. The Hall–Kier alpha value is -2.10. The highest BCUT2D eigenvalue weighted by molar-refractivity contribution is 5.99. The van der Waals surface area contributed by atoms with Crippen LogP contribution in [0.1, 0.15) is 65.2 Å². The Bertz CT molecular complexity index is 871. The Kier molecular flexibility index (Phi) is 4.15. The molecule has 1 saturated heterocycles. The van der Waals surface area contributed by atoms with Crippen LogP contribution in [0.2, 0.25) is 0 Å². The van der Waals surface area contributed by atoms with Gasteiger partial charge in [-0.05, 0) is 62.5 Å². The molecule has 4 heteroatoms. The SMILES string of the molecule is CCCC=C1OC(=O)C2=C[C@@H]3CC[C@]12[C@H]1C2=C(CC[C@@H]31)/C(=C/CCC)OC2=O. The first-order valence-electron chi connectivity index (χ1n) is 10.9. The molecule has 1 spiro atoms. The zero-order valence-corrected chi connectivity index (χ0v) is 16.8. The molecule has 2 aliphatic heterocycles. The van der Waals surface area contributed by atoms with E-state index in [1.165, 1.54) is 0 Å². The van der Waals surface area contributed by atoms with Gasteiger partial charge in [0.2, 0.25) is 0 Å². The molecule has 2 bridgehead atoms. The molecule has 0 aromatic carbocycles. The van der Waals surface area contributed by atoms with Gasteiger partial charge in [0.15, 0.2) is 0 Å². The summed E-state index contributed by atoms with van der Waals surface area (Å²) in [7, 11) is 0. The number of hydrogen-bond donors (Lipinski definition) is 0. The zero-order chi connectivity index (χ0) is 19.5. The van der Waals surface area contributed by atoms with Gasteiger partial charge in [-0.1, -0.05) is 32.8 Å². The molecule has 6 aliphatic rings. The smallest absolute Gasteiger partial charge is 0.340 e. The predicted molar refractivity (Wildman–Crippen MR) is 105 cm³/mol. The monoisotopic (exact) mass is 380 g/mol. The molecule has 0 radical (unpaired) electrons. The van der Waals surface area contributed by atoms with Crippen LogP contribution in [0, 0.1) is 23.2 Å². The van der Waals surface area contributed by atoms with Crippen molar-refractivity contribution in [3.05, 3.63) is 46.5 Å². The van der Waals surface area contributed by atoms with E-state index in [9.17, 15) is 9.59 Å². The van der Waals surface area contributed by atoms with Crippen LogP contribution in [-0.4, -0.2) is 11.9 Å². The van der Waals surface area contributed by atoms with E-state index < -0.39 is 5.41 Å². The van der Waals surface area contributed by atoms with Gasteiger partial charge < -0.3 is 9.47 Å². The molecule has 0 unspecified atom stereocenters. The van der Waals surface area contributed by atoms with Gasteiger partial charge in [0.05, 0.1) is 5.41 Å². The summed E-state index contributed by atoms with van der Waals surface area (Å²) >= 11 is 0. The lowest BCUT2D eigenvalue weighted by Crippen LogP contribution is -2.50. The molecular formula is C24H28O4. The van der Waals surface area contributed by atoms with Crippen LogP contribution in [0.15, 0.2) is 46.5 Å². The molecular weight excluding hydrogens is 352 g/mol. The molecule has 0 aromatic heterocycles. The second-order valence-electron chi connectivity index (χ2n) is 8.82. The molecule has 4 atom stereocenters. The van der Waals surface area contributed by atoms with Crippen molar-refractivity contribution < 1.29 is 19.1 Å². The van der Waals surface area contributed by atoms with Gasteiger partial charge in [-0.15, -0.1) is 0 Å². The number of hydrogen-bond acceptors (Lipinski definition) is 4. The molecule has 2 heterocycles. The van der Waals surface area contributed by atoms with E-state index in [1.54, 1.807) is 0 Å².